The second-order valence-electron chi connectivity index (χ2n) is 5.48. The van der Waals surface area contributed by atoms with E-state index in [1.54, 1.807) is 54.3 Å². The Morgan fingerprint density at radius 3 is 2.82 bits per heavy atom. The molecule has 1 fully saturated rings. The first kappa shape index (κ1) is 14.3. The van der Waals surface area contributed by atoms with Gasteiger partial charge in [0.2, 0.25) is 5.91 Å². The lowest BCUT2D eigenvalue weighted by molar-refractivity contribution is -0.119. The van der Waals surface area contributed by atoms with E-state index in [9.17, 15) is 9.59 Å². The number of anilines is 1. The van der Waals surface area contributed by atoms with Crippen molar-refractivity contribution in [2.45, 2.75) is 31.8 Å². The smallest absolute Gasteiger partial charge is 0.251 e. The Morgan fingerprint density at radius 1 is 1.32 bits per heavy atom. The van der Waals surface area contributed by atoms with Gasteiger partial charge in [0.1, 0.15) is 6.04 Å². The molecule has 1 aliphatic carbocycles. The summed E-state index contributed by atoms with van der Waals surface area (Å²) in [4.78, 5) is 24.2. The Morgan fingerprint density at radius 2 is 2.14 bits per heavy atom. The molecule has 1 unspecified atom stereocenters. The van der Waals surface area contributed by atoms with Crippen LogP contribution in [0.15, 0.2) is 42.7 Å². The highest BCUT2D eigenvalue weighted by Crippen LogP contribution is 2.20. The summed E-state index contributed by atoms with van der Waals surface area (Å²) in [7, 11) is 0. The fourth-order valence-electron chi connectivity index (χ4n) is 2.11. The van der Waals surface area contributed by atoms with Gasteiger partial charge in [-0.2, -0.15) is 5.10 Å². The van der Waals surface area contributed by atoms with Gasteiger partial charge in [0.25, 0.3) is 5.91 Å². The van der Waals surface area contributed by atoms with E-state index in [2.05, 4.69) is 15.7 Å². The number of nitrogens with one attached hydrogen (secondary N) is 2. The van der Waals surface area contributed by atoms with Crippen molar-refractivity contribution in [1.82, 2.24) is 15.1 Å². The molecule has 0 bridgehead atoms. The number of hydrogen-bond donors (Lipinski definition) is 2. The van der Waals surface area contributed by atoms with Gasteiger partial charge < -0.3 is 10.6 Å². The quantitative estimate of drug-likeness (QED) is 0.886. The van der Waals surface area contributed by atoms with Gasteiger partial charge in [-0.3, -0.25) is 14.3 Å². The van der Waals surface area contributed by atoms with Crippen molar-refractivity contribution < 1.29 is 9.59 Å². The third-order valence-electron chi connectivity index (χ3n) is 3.61. The van der Waals surface area contributed by atoms with Crippen LogP contribution in [0.5, 0.6) is 0 Å². The van der Waals surface area contributed by atoms with E-state index < -0.39 is 6.04 Å². The van der Waals surface area contributed by atoms with Crippen LogP contribution in [0.25, 0.3) is 0 Å². The monoisotopic (exact) mass is 298 g/mol. The molecule has 6 nitrogen and oxygen atoms in total. The van der Waals surface area contributed by atoms with Gasteiger partial charge in [0.05, 0.1) is 0 Å². The molecule has 1 saturated carbocycles. The molecule has 2 N–H and O–H groups in total. The van der Waals surface area contributed by atoms with E-state index in [0.717, 1.165) is 12.8 Å². The summed E-state index contributed by atoms with van der Waals surface area (Å²) in [5, 5.41) is 9.80. The summed E-state index contributed by atoms with van der Waals surface area (Å²) in [6, 6.07) is 8.62. The summed E-state index contributed by atoms with van der Waals surface area (Å²) in [5.74, 6) is -0.276. The molecule has 0 spiro atoms. The van der Waals surface area contributed by atoms with E-state index in [-0.39, 0.29) is 11.8 Å². The Labute approximate surface area is 128 Å². The molecule has 1 aromatic heterocycles. The number of carbonyl (C=O) groups excluding carboxylic acids is 2. The van der Waals surface area contributed by atoms with Crippen LogP contribution in [0.1, 0.15) is 36.2 Å². The van der Waals surface area contributed by atoms with Gasteiger partial charge in [-0.05, 0) is 44.0 Å². The van der Waals surface area contributed by atoms with Crippen LogP contribution in [0, 0.1) is 0 Å². The zero-order chi connectivity index (χ0) is 15.5. The molecule has 1 aromatic carbocycles. The zero-order valence-corrected chi connectivity index (χ0v) is 12.3. The number of hydrogen-bond acceptors (Lipinski definition) is 3. The minimum absolute atomic E-state index is 0.0984. The van der Waals surface area contributed by atoms with Crippen LogP contribution in [-0.4, -0.2) is 27.6 Å². The number of carbonyl (C=O) groups is 2. The highest BCUT2D eigenvalue weighted by Gasteiger charge is 2.24. The topological polar surface area (TPSA) is 76.0 Å². The van der Waals surface area contributed by atoms with E-state index >= 15 is 0 Å². The van der Waals surface area contributed by atoms with Crippen LogP contribution in [0.4, 0.5) is 5.69 Å². The second-order valence-corrected chi connectivity index (χ2v) is 5.48. The number of nitrogens with zero attached hydrogens (tertiary/aromatic N) is 2. The maximum Gasteiger partial charge on any atom is 0.251 e. The van der Waals surface area contributed by atoms with E-state index in [1.807, 2.05) is 0 Å². The molecule has 1 aliphatic rings. The fourth-order valence-corrected chi connectivity index (χ4v) is 2.11. The molecular formula is C16H18N4O2. The minimum atomic E-state index is -0.418. The Hall–Kier alpha value is -2.63. The lowest BCUT2D eigenvalue weighted by Gasteiger charge is -2.13. The average Bonchev–Trinajstić information content (AvgIpc) is 3.16. The maximum absolute atomic E-state index is 12.2. The van der Waals surface area contributed by atoms with Gasteiger partial charge >= 0.3 is 0 Å². The molecule has 0 radical (unpaired) electrons. The lowest BCUT2D eigenvalue weighted by atomic mass is 10.2. The summed E-state index contributed by atoms with van der Waals surface area (Å²) in [5.41, 5.74) is 1.16. The number of aromatic nitrogens is 2. The second kappa shape index (κ2) is 6.01. The lowest BCUT2D eigenvalue weighted by Crippen LogP contribution is -2.26. The van der Waals surface area contributed by atoms with Crippen molar-refractivity contribution in [3.8, 4) is 0 Å². The minimum Gasteiger partial charge on any atom is -0.349 e. The van der Waals surface area contributed by atoms with E-state index in [0.29, 0.717) is 17.3 Å². The third-order valence-corrected chi connectivity index (χ3v) is 3.61. The summed E-state index contributed by atoms with van der Waals surface area (Å²) < 4.78 is 1.58. The fraction of sp³-hybridized carbons (Fsp3) is 0.312. The number of amides is 2. The first-order valence-electron chi connectivity index (χ1n) is 7.34. The van der Waals surface area contributed by atoms with Crippen LogP contribution in [0.3, 0.4) is 0 Å². The van der Waals surface area contributed by atoms with Crippen LogP contribution >= 0.6 is 0 Å². The van der Waals surface area contributed by atoms with Gasteiger partial charge in [0.15, 0.2) is 0 Å². The third kappa shape index (κ3) is 3.33. The van der Waals surface area contributed by atoms with Gasteiger partial charge in [-0.1, -0.05) is 6.07 Å². The van der Waals surface area contributed by atoms with Crippen LogP contribution in [-0.2, 0) is 4.79 Å². The van der Waals surface area contributed by atoms with Crippen molar-refractivity contribution in [2.24, 2.45) is 0 Å². The van der Waals surface area contributed by atoms with E-state index in [4.69, 9.17) is 0 Å². The molecular weight excluding hydrogens is 280 g/mol. The first-order valence-corrected chi connectivity index (χ1v) is 7.34. The molecule has 0 saturated heterocycles. The maximum atomic E-state index is 12.2. The zero-order valence-electron chi connectivity index (χ0n) is 12.3. The van der Waals surface area contributed by atoms with Gasteiger partial charge in [-0.25, -0.2) is 0 Å². The molecule has 22 heavy (non-hydrogen) atoms. The van der Waals surface area contributed by atoms with Crippen molar-refractivity contribution in [3.05, 3.63) is 48.3 Å². The predicted molar refractivity (Wildman–Crippen MR) is 82.5 cm³/mol. The predicted octanol–water partition coefficient (Wildman–Crippen LogP) is 1.97. The van der Waals surface area contributed by atoms with Crippen molar-refractivity contribution >= 4 is 17.5 Å². The average molecular weight is 298 g/mol. The van der Waals surface area contributed by atoms with Crippen molar-refractivity contribution in [3.63, 3.8) is 0 Å². The number of benzene rings is 1. The summed E-state index contributed by atoms with van der Waals surface area (Å²) in [6.45, 7) is 1.77. The van der Waals surface area contributed by atoms with Gasteiger partial charge in [0, 0.05) is 29.7 Å². The molecule has 2 aromatic rings. The Balaban J connectivity index is 1.66. The molecule has 114 valence electrons. The molecule has 0 aliphatic heterocycles. The largest absolute Gasteiger partial charge is 0.349 e. The summed E-state index contributed by atoms with van der Waals surface area (Å²) >= 11 is 0. The normalized spacial score (nSPS) is 15.1. The highest BCUT2D eigenvalue weighted by atomic mass is 16.2. The molecule has 2 amide bonds. The van der Waals surface area contributed by atoms with E-state index in [1.165, 1.54) is 0 Å². The first-order chi connectivity index (χ1) is 10.6. The Bertz CT molecular complexity index is 677. The van der Waals surface area contributed by atoms with Crippen molar-refractivity contribution in [1.29, 1.82) is 0 Å². The molecule has 6 heteroatoms. The molecule has 3 rings (SSSR count). The van der Waals surface area contributed by atoms with Crippen molar-refractivity contribution in [2.75, 3.05) is 5.32 Å². The van der Waals surface area contributed by atoms with Gasteiger partial charge in [-0.15, -0.1) is 0 Å². The highest BCUT2D eigenvalue weighted by molar-refractivity contribution is 5.98. The van der Waals surface area contributed by atoms with Crippen LogP contribution in [0.2, 0.25) is 0 Å². The van der Waals surface area contributed by atoms with Crippen LogP contribution < -0.4 is 10.6 Å². The molecule has 1 heterocycles. The molecule has 1 atom stereocenters. The number of rotatable bonds is 5. The Kier molecular flexibility index (Phi) is 3.91. The summed E-state index contributed by atoms with van der Waals surface area (Å²) in [6.07, 6.45) is 5.46. The SMILES string of the molecule is CC(C(=O)Nc1cccc(C(=O)NC2CC2)c1)n1cccn1. The standard InChI is InChI=1S/C16H18N4O2/c1-11(20-9-3-8-17-20)15(21)19-14-5-2-4-12(10-14)16(22)18-13-6-7-13/h2-5,8-11,13H,6-7H2,1H3,(H,18,22)(H,19,21).